The maximum absolute atomic E-state index is 13.1. The number of nitrogens with one attached hydrogen (secondary N) is 2. The molecule has 0 bridgehead atoms. The zero-order valence-corrected chi connectivity index (χ0v) is 17.0. The minimum absolute atomic E-state index is 0.0936. The first-order chi connectivity index (χ1) is 14.2. The summed E-state index contributed by atoms with van der Waals surface area (Å²) < 4.78 is 20.3. The summed E-state index contributed by atoms with van der Waals surface area (Å²) in [6, 6.07) is 11.2. The molecule has 1 aliphatic heterocycles. The Morgan fingerprint density at radius 1 is 1.30 bits per heavy atom. The standard InChI is InChI=1S/C21H18ClFN4O3/c1-12-3-8-17-16(9-12)24-19(28)21(2,30-17)20(29)25-18-15(22)11-27(26-18)10-13-4-6-14(23)7-5-13/h3-9,11H,10H2,1-2H3,(H,24,28)(H,25,26,29). The Hall–Kier alpha value is -3.39. The molecular weight excluding hydrogens is 411 g/mol. The lowest BCUT2D eigenvalue weighted by molar-refractivity contribution is -0.143. The van der Waals surface area contributed by atoms with Gasteiger partial charge < -0.3 is 15.4 Å². The van der Waals surface area contributed by atoms with Crippen molar-refractivity contribution in [3.05, 3.63) is 70.6 Å². The van der Waals surface area contributed by atoms with E-state index in [2.05, 4.69) is 15.7 Å². The monoisotopic (exact) mass is 428 g/mol. The summed E-state index contributed by atoms with van der Waals surface area (Å²) in [6.07, 6.45) is 1.53. The van der Waals surface area contributed by atoms with Gasteiger partial charge in [0.05, 0.1) is 12.2 Å². The summed E-state index contributed by atoms with van der Waals surface area (Å²) in [7, 11) is 0. The molecule has 2 heterocycles. The fraction of sp³-hybridized carbons (Fsp3) is 0.190. The topological polar surface area (TPSA) is 85.3 Å². The van der Waals surface area contributed by atoms with Crippen LogP contribution in [-0.2, 0) is 16.1 Å². The van der Waals surface area contributed by atoms with E-state index in [9.17, 15) is 14.0 Å². The van der Waals surface area contributed by atoms with Crippen LogP contribution in [0.25, 0.3) is 0 Å². The van der Waals surface area contributed by atoms with Gasteiger partial charge in [0.1, 0.15) is 16.6 Å². The summed E-state index contributed by atoms with van der Waals surface area (Å²) in [6.45, 7) is 3.60. The number of anilines is 2. The fourth-order valence-electron chi connectivity index (χ4n) is 3.05. The van der Waals surface area contributed by atoms with E-state index < -0.39 is 17.4 Å². The molecule has 0 saturated heterocycles. The van der Waals surface area contributed by atoms with E-state index in [1.165, 1.54) is 29.9 Å². The van der Waals surface area contributed by atoms with Crippen molar-refractivity contribution in [1.29, 1.82) is 0 Å². The molecule has 1 unspecified atom stereocenters. The number of amides is 2. The van der Waals surface area contributed by atoms with E-state index in [4.69, 9.17) is 16.3 Å². The van der Waals surface area contributed by atoms with Crippen molar-refractivity contribution >= 4 is 34.9 Å². The number of halogens is 2. The molecule has 0 spiro atoms. The van der Waals surface area contributed by atoms with Crippen LogP contribution in [0.1, 0.15) is 18.1 Å². The molecular formula is C21H18ClFN4O3. The Labute approximate surface area is 176 Å². The summed E-state index contributed by atoms with van der Waals surface area (Å²) in [5, 5.41) is 9.70. The molecule has 0 aliphatic carbocycles. The molecule has 2 aromatic carbocycles. The normalized spacial score (nSPS) is 17.7. The third-order valence-electron chi connectivity index (χ3n) is 4.77. The second-order valence-electron chi connectivity index (χ2n) is 7.19. The minimum Gasteiger partial charge on any atom is -0.466 e. The summed E-state index contributed by atoms with van der Waals surface area (Å²) in [5.74, 6) is -1.15. The molecule has 3 aromatic rings. The van der Waals surface area contributed by atoms with E-state index in [1.54, 1.807) is 24.3 Å². The number of nitrogens with zero attached hydrogens (tertiary/aromatic N) is 2. The molecule has 1 atom stereocenters. The molecule has 0 radical (unpaired) electrons. The molecule has 2 N–H and O–H groups in total. The number of rotatable bonds is 4. The Morgan fingerprint density at radius 2 is 2.03 bits per heavy atom. The number of carbonyl (C=O) groups is 2. The van der Waals surface area contributed by atoms with Crippen LogP contribution in [0.15, 0.2) is 48.7 Å². The predicted octanol–water partition coefficient (Wildman–Crippen LogP) is 3.76. The van der Waals surface area contributed by atoms with Crippen LogP contribution in [0.2, 0.25) is 5.02 Å². The highest BCUT2D eigenvalue weighted by molar-refractivity contribution is 6.33. The van der Waals surface area contributed by atoms with Gasteiger partial charge in [-0.25, -0.2) is 4.39 Å². The van der Waals surface area contributed by atoms with Gasteiger partial charge in [0, 0.05) is 6.20 Å². The van der Waals surface area contributed by atoms with Crippen molar-refractivity contribution in [2.45, 2.75) is 26.0 Å². The van der Waals surface area contributed by atoms with Crippen molar-refractivity contribution < 1.29 is 18.7 Å². The molecule has 30 heavy (non-hydrogen) atoms. The number of benzene rings is 2. The van der Waals surface area contributed by atoms with Crippen LogP contribution < -0.4 is 15.4 Å². The van der Waals surface area contributed by atoms with Crippen LogP contribution in [0.5, 0.6) is 5.75 Å². The number of carbonyl (C=O) groups excluding carboxylic acids is 2. The zero-order valence-electron chi connectivity index (χ0n) is 16.2. The van der Waals surface area contributed by atoms with Crippen LogP contribution in [-0.4, -0.2) is 27.2 Å². The minimum atomic E-state index is -1.80. The molecule has 0 saturated carbocycles. The molecule has 1 aromatic heterocycles. The first kappa shape index (κ1) is 19.9. The van der Waals surface area contributed by atoms with E-state index in [1.807, 2.05) is 13.0 Å². The zero-order chi connectivity index (χ0) is 21.5. The molecule has 0 fully saturated rings. The third-order valence-corrected chi connectivity index (χ3v) is 5.05. The molecule has 2 amide bonds. The van der Waals surface area contributed by atoms with Gasteiger partial charge in [0.15, 0.2) is 5.82 Å². The number of hydrogen-bond acceptors (Lipinski definition) is 4. The van der Waals surface area contributed by atoms with Gasteiger partial charge in [-0.15, -0.1) is 0 Å². The van der Waals surface area contributed by atoms with Gasteiger partial charge in [-0.2, -0.15) is 5.10 Å². The van der Waals surface area contributed by atoms with Crippen molar-refractivity contribution in [3.8, 4) is 5.75 Å². The molecule has 9 heteroatoms. The average Bonchev–Trinajstić information content (AvgIpc) is 3.03. The van der Waals surface area contributed by atoms with E-state index in [0.29, 0.717) is 18.0 Å². The molecule has 154 valence electrons. The van der Waals surface area contributed by atoms with Gasteiger partial charge in [-0.3, -0.25) is 14.3 Å². The first-order valence-corrected chi connectivity index (χ1v) is 9.52. The Kier molecular flexibility index (Phi) is 4.95. The second kappa shape index (κ2) is 7.46. The highest BCUT2D eigenvalue weighted by Gasteiger charge is 2.47. The summed E-state index contributed by atoms with van der Waals surface area (Å²) >= 11 is 6.20. The van der Waals surface area contributed by atoms with Gasteiger partial charge in [0.25, 0.3) is 17.4 Å². The van der Waals surface area contributed by atoms with E-state index in [-0.39, 0.29) is 16.7 Å². The van der Waals surface area contributed by atoms with Crippen LogP contribution in [0, 0.1) is 12.7 Å². The number of aromatic nitrogens is 2. The lowest BCUT2D eigenvalue weighted by atomic mass is 10.0. The van der Waals surface area contributed by atoms with Crippen LogP contribution in [0.3, 0.4) is 0 Å². The van der Waals surface area contributed by atoms with Crippen molar-refractivity contribution in [2.75, 3.05) is 10.6 Å². The van der Waals surface area contributed by atoms with E-state index in [0.717, 1.165) is 11.1 Å². The Bertz CT molecular complexity index is 1150. The maximum atomic E-state index is 13.1. The fourth-order valence-corrected chi connectivity index (χ4v) is 3.25. The third kappa shape index (κ3) is 3.73. The van der Waals surface area contributed by atoms with Crippen molar-refractivity contribution in [1.82, 2.24) is 9.78 Å². The van der Waals surface area contributed by atoms with Gasteiger partial charge in [-0.05, 0) is 49.2 Å². The van der Waals surface area contributed by atoms with Crippen LogP contribution >= 0.6 is 11.6 Å². The number of aryl methyl sites for hydroxylation is 1. The highest BCUT2D eigenvalue weighted by Crippen LogP contribution is 2.35. The second-order valence-corrected chi connectivity index (χ2v) is 7.60. The SMILES string of the molecule is Cc1ccc2c(c1)NC(=O)C(C)(C(=O)Nc1nn(Cc3ccc(F)cc3)cc1Cl)O2. The van der Waals surface area contributed by atoms with Gasteiger partial charge in [0.2, 0.25) is 0 Å². The molecule has 1 aliphatic rings. The van der Waals surface area contributed by atoms with Gasteiger partial charge in [-0.1, -0.05) is 29.8 Å². The quantitative estimate of drug-likeness (QED) is 0.619. The van der Waals surface area contributed by atoms with Gasteiger partial charge >= 0.3 is 0 Å². The largest absolute Gasteiger partial charge is 0.466 e. The lowest BCUT2D eigenvalue weighted by Gasteiger charge is -2.33. The predicted molar refractivity (Wildman–Crippen MR) is 110 cm³/mol. The highest BCUT2D eigenvalue weighted by atomic mass is 35.5. The van der Waals surface area contributed by atoms with Crippen molar-refractivity contribution in [3.63, 3.8) is 0 Å². The Balaban J connectivity index is 1.52. The lowest BCUT2D eigenvalue weighted by Crippen LogP contribution is -2.56. The summed E-state index contributed by atoms with van der Waals surface area (Å²) in [5.41, 5.74) is 0.463. The maximum Gasteiger partial charge on any atom is 0.279 e. The first-order valence-electron chi connectivity index (χ1n) is 9.14. The smallest absolute Gasteiger partial charge is 0.279 e. The Morgan fingerprint density at radius 3 is 2.77 bits per heavy atom. The van der Waals surface area contributed by atoms with Crippen LogP contribution in [0.4, 0.5) is 15.9 Å². The number of hydrogen-bond donors (Lipinski definition) is 2. The number of ether oxygens (including phenoxy) is 1. The molecule has 4 rings (SSSR count). The van der Waals surface area contributed by atoms with E-state index >= 15 is 0 Å². The average molecular weight is 429 g/mol. The number of fused-ring (bicyclic) bond motifs is 1. The summed E-state index contributed by atoms with van der Waals surface area (Å²) in [4.78, 5) is 25.5. The molecule has 7 nitrogen and oxygen atoms in total. The van der Waals surface area contributed by atoms with Crippen molar-refractivity contribution in [2.24, 2.45) is 0 Å².